The van der Waals surface area contributed by atoms with Gasteiger partial charge in [-0.15, -0.1) is 0 Å². The molecule has 1 fully saturated rings. The molecule has 1 aliphatic rings. The maximum Gasteiger partial charge on any atom is 0.220 e. The summed E-state index contributed by atoms with van der Waals surface area (Å²) in [6, 6.07) is 8.09. The van der Waals surface area contributed by atoms with Crippen LogP contribution in [0.15, 0.2) is 24.3 Å². The molecule has 0 radical (unpaired) electrons. The van der Waals surface area contributed by atoms with E-state index in [-0.39, 0.29) is 11.9 Å². The number of carbonyl (C=O) groups excluding carboxylic acids is 1. The third-order valence-corrected chi connectivity index (χ3v) is 4.66. The van der Waals surface area contributed by atoms with Gasteiger partial charge in [0.15, 0.2) is 0 Å². The quantitative estimate of drug-likeness (QED) is 0.725. The van der Waals surface area contributed by atoms with Crippen LogP contribution < -0.4 is 15.4 Å². The van der Waals surface area contributed by atoms with E-state index in [1.54, 1.807) is 0 Å². The molecule has 1 amide bonds. The number of hydrogen-bond donors (Lipinski definition) is 2. The van der Waals surface area contributed by atoms with Crippen molar-refractivity contribution in [2.75, 3.05) is 19.7 Å². The number of nitrogens with one attached hydrogen (secondary N) is 2. The zero-order valence-electron chi connectivity index (χ0n) is 15.3. The normalized spacial score (nSPS) is 18.6. The number of hydrogen-bond acceptors (Lipinski definition) is 3. The van der Waals surface area contributed by atoms with Crippen LogP contribution >= 0.6 is 0 Å². The fraction of sp³-hybridized carbons (Fsp3) is 0.650. The molecule has 0 aliphatic carbocycles. The van der Waals surface area contributed by atoms with Crippen LogP contribution in [-0.2, 0) is 4.79 Å². The molecular formula is C20H32N2O2. The number of benzene rings is 1. The highest BCUT2D eigenvalue weighted by Crippen LogP contribution is 2.19. The average Bonchev–Trinajstić information content (AvgIpc) is 3.06. The highest BCUT2D eigenvalue weighted by molar-refractivity contribution is 5.76. The van der Waals surface area contributed by atoms with Crippen LogP contribution in [-0.4, -0.2) is 25.6 Å². The van der Waals surface area contributed by atoms with Crippen molar-refractivity contribution in [3.8, 4) is 5.75 Å². The molecular weight excluding hydrogens is 300 g/mol. The van der Waals surface area contributed by atoms with Crippen LogP contribution in [0.3, 0.4) is 0 Å². The Morgan fingerprint density at radius 1 is 1.29 bits per heavy atom. The van der Waals surface area contributed by atoms with E-state index in [2.05, 4.69) is 24.5 Å². The first-order chi connectivity index (χ1) is 11.5. The summed E-state index contributed by atoms with van der Waals surface area (Å²) < 4.78 is 5.73. The van der Waals surface area contributed by atoms with Gasteiger partial charge in [-0.2, -0.15) is 0 Å². The van der Waals surface area contributed by atoms with E-state index in [0.29, 0.717) is 18.3 Å². The van der Waals surface area contributed by atoms with Crippen molar-refractivity contribution >= 4 is 5.91 Å². The second-order valence-corrected chi connectivity index (χ2v) is 7.29. The van der Waals surface area contributed by atoms with Gasteiger partial charge >= 0.3 is 0 Å². The van der Waals surface area contributed by atoms with Gasteiger partial charge in [0, 0.05) is 6.42 Å². The Labute approximate surface area is 146 Å². The van der Waals surface area contributed by atoms with Crippen molar-refractivity contribution in [2.45, 2.75) is 52.5 Å². The van der Waals surface area contributed by atoms with Gasteiger partial charge in [0.05, 0.1) is 12.6 Å². The molecule has 1 saturated heterocycles. The Bertz CT molecular complexity index is 493. The van der Waals surface area contributed by atoms with Crippen molar-refractivity contribution in [1.82, 2.24) is 10.6 Å². The zero-order chi connectivity index (χ0) is 17.4. The van der Waals surface area contributed by atoms with Crippen molar-refractivity contribution in [2.24, 2.45) is 11.8 Å². The number of rotatable bonds is 9. The maximum atomic E-state index is 12.1. The monoisotopic (exact) mass is 332 g/mol. The van der Waals surface area contributed by atoms with Crippen LogP contribution in [0.4, 0.5) is 0 Å². The summed E-state index contributed by atoms with van der Waals surface area (Å²) in [5.74, 6) is 2.35. The second-order valence-electron chi connectivity index (χ2n) is 7.29. The Kier molecular flexibility index (Phi) is 7.57. The Morgan fingerprint density at radius 3 is 2.67 bits per heavy atom. The molecule has 4 nitrogen and oxygen atoms in total. The Morgan fingerprint density at radius 2 is 2.04 bits per heavy atom. The van der Waals surface area contributed by atoms with Crippen LogP contribution in [0.2, 0.25) is 0 Å². The lowest BCUT2D eigenvalue weighted by molar-refractivity contribution is -0.122. The molecule has 0 aromatic heterocycles. The van der Waals surface area contributed by atoms with E-state index < -0.39 is 0 Å². The SMILES string of the molecule is CC(C)CCOc1ccc(C(C)NC(=O)CCC2CCNC2)cc1. The molecule has 1 aromatic carbocycles. The standard InChI is InChI=1S/C20H32N2O2/c1-15(2)11-13-24-19-7-5-18(6-8-19)16(3)22-20(23)9-4-17-10-12-21-14-17/h5-8,15-17,21H,4,9-14H2,1-3H3,(H,22,23). The van der Waals surface area contributed by atoms with Crippen molar-refractivity contribution in [1.29, 1.82) is 0 Å². The third kappa shape index (κ3) is 6.52. The average molecular weight is 332 g/mol. The molecule has 2 unspecified atom stereocenters. The summed E-state index contributed by atoms with van der Waals surface area (Å²) in [7, 11) is 0. The van der Waals surface area contributed by atoms with Gasteiger partial charge in [0.1, 0.15) is 5.75 Å². The summed E-state index contributed by atoms with van der Waals surface area (Å²) in [6.07, 6.45) is 3.85. The fourth-order valence-corrected chi connectivity index (χ4v) is 2.96. The minimum atomic E-state index is 0.0314. The smallest absolute Gasteiger partial charge is 0.220 e. The molecule has 2 N–H and O–H groups in total. The lowest BCUT2D eigenvalue weighted by atomic mass is 10.0. The number of ether oxygens (including phenoxy) is 1. The van der Waals surface area contributed by atoms with Gasteiger partial charge in [-0.3, -0.25) is 4.79 Å². The number of carbonyl (C=O) groups is 1. The number of amides is 1. The van der Waals surface area contributed by atoms with E-state index in [1.807, 2.05) is 31.2 Å². The summed E-state index contributed by atoms with van der Waals surface area (Å²) in [5.41, 5.74) is 1.11. The fourth-order valence-electron chi connectivity index (χ4n) is 2.96. The van der Waals surface area contributed by atoms with Crippen molar-refractivity contribution in [3.05, 3.63) is 29.8 Å². The molecule has 1 heterocycles. The predicted octanol–water partition coefficient (Wildman–Crippen LogP) is 3.68. The molecule has 0 bridgehead atoms. The second kappa shape index (κ2) is 9.67. The first-order valence-electron chi connectivity index (χ1n) is 9.27. The molecule has 24 heavy (non-hydrogen) atoms. The minimum absolute atomic E-state index is 0.0314. The van der Waals surface area contributed by atoms with E-state index in [1.165, 1.54) is 6.42 Å². The van der Waals surface area contributed by atoms with Crippen molar-refractivity contribution in [3.63, 3.8) is 0 Å². The first kappa shape index (κ1) is 18.8. The topological polar surface area (TPSA) is 50.4 Å². The molecule has 4 heteroatoms. The molecule has 1 aromatic rings. The highest BCUT2D eigenvalue weighted by atomic mass is 16.5. The van der Waals surface area contributed by atoms with Gasteiger partial charge in [0.2, 0.25) is 5.91 Å². The van der Waals surface area contributed by atoms with E-state index in [9.17, 15) is 4.79 Å². The van der Waals surface area contributed by atoms with Gasteiger partial charge in [-0.25, -0.2) is 0 Å². The summed E-state index contributed by atoms with van der Waals surface area (Å²) >= 11 is 0. The van der Waals surface area contributed by atoms with Gasteiger partial charge in [-0.05, 0) is 68.8 Å². The molecule has 2 atom stereocenters. The van der Waals surface area contributed by atoms with Crippen molar-refractivity contribution < 1.29 is 9.53 Å². The van der Waals surface area contributed by atoms with Crippen LogP contribution in [0.25, 0.3) is 0 Å². The lowest BCUT2D eigenvalue weighted by Gasteiger charge is -2.16. The Balaban J connectivity index is 1.72. The zero-order valence-corrected chi connectivity index (χ0v) is 15.3. The highest BCUT2D eigenvalue weighted by Gasteiger charge is 2.16. The van der Waals surface area contributed by atoms with Crippen LogP contribution in [0.5, 0.6) is 5.75 Å². The van der Waals surface area contributed by atoms with Gasteiger partial charge in [0.25, 0.3) is 0 Å². The van der Waals surface area contributed by atoms with E-state index in [4.69, 9.17) is 4.74 Å². The predicted molar refractivity (Wildman–Crippen MR) is 98.2 cm³/mol. The maximum absolute atomic E-state index is 12.1. The van der Waals surface area contributed by atoms with Gasteiger partial charge < -0.3 is 15.4 Å². The molecule has 134 valence electrons. The van der Waals surface area contributed by atoms with Crippen LogP contribution in [0, 0.1) is 11.8 Å². The largest absolute Gasteiger partial charge is 0.494 e. The Hall–Kier alpha value is -1.55. The lowest BCUT2D eigenvalue weighted by Crippen LogP contribution is -2.27. The van der Waals surface area contributed by atoms with Crippen LogP contribution in [0.1, 0.15) is 58.1 Å². The molecule has 0 spiro atoms. The summed E-state index contributed by atoms with van der Waals surface area (Å²) in [5, 5.41) is 6.44. The van der Waals surface area contributed by atoms with E-state index >= 15 is 0 Å². The minimum Gasteiger partial charge on any atom is -0.494 e. The first-order valence-corrected chi connectivity index (χ1v) is 9.27. The van der Waals surface area contributed by atoms with E-state index in [0.717, 1.165) is 43.9 Å². The third-order valence-electron chi connectivity index (χ3n) is 4.66. The molecule has 2 rings (SSSR count). The summed E-state index contributed by atoms with van der Waals surface area (Å²) in [4.78, 5) is 12.1. The molecule has 1 aliphatic heterocycles. The summed E-state index contributed by atoms with van der Waals surface area (Å²) in [6.45, 7) is 9.32. The molecule has 0 saturated carbocycles. The van der Waals surface area contributed by atoms with Gasteiger partial charge in [-0.1, -0.05) is 26.0 Å².